The van der Waals surface area contributed by atoms with Gasteiger partial charge in [-0.3, -0.25) is 5.32 Å². The summed E-state index contributed by atoms with van der Waals surface area (Å²) in [6, 6.07) is 4.63. The van der Waals surface area contributed by atoms with E-state index in [0.29, 0.717) is 0 Å². The second-order valence-corrected chi connectivity index (χ2v) is 4.26. The highest BCUT2D eigenvalue weighted by Gasteiger charge is 2.11. The number of hydrogen-bond donors (Lipinski definition) is 2. The molecule has 0 aliphatic heterocycles. The van der Waals surface area contributed by atoms with E-state index in [1.807, 2.05) is 0 Å². The second-order valence-electron chi connectivity index (χ2n) is 2.93. The van der Waals surface area contributed by atoms with Crippen LogP contribution in [0.4, 0.5) is 14.9 Å². The van der Waals surface area contributed by atoms with Gasteiger partial charge >= 0.3 is 6.03 Å². The number of rotatable bonds is 2. The quantitative estimate of drug-likeness (QED) is 0.819. The van der Waals surface area contributed by atoms with Crippen LogP contribution in [0.3, 0.4) is 0 Å². The highest BCUT2D eigenvalue weighted by Crippen LogP contribution is 2.18. The molecular weight excluding hydrogens is 303 g/mol. The Kier molecular flexibility index (Phi) is 5.23. The summed E-state index contributed by atoms with van der Waals surface area (Å²) in [4.78, 5) is 11.4. The molecule has 0 unspecified atom stereocenters. The van der Waals surface area contributed by atoms with Crippen LogP contribution in [0.5, 0.6) is 0 Å². The fourth-order valence-electron chi connectivity index (χ4n) is 1.04. The van der Waals surface area contributed by atoms with Crippen LogP contribution in [0, 0.1) is 17.1 Å². The van der Waals surface area contributed by atoms with Crippen molar-refractivity contribution in [2.24, 2.45) is 0 Å². The van der Waals surface area contributed by atoms with E-state index in [4.69, 9.17) is 40.1 Å². The Bertz CT molecular complexity index is 550. The number of nitrogens with zero attached hydrogens (tertiary/aromatic N) is 1. The first-order valence-corrected chi connectivity index (χ1v) is 5.56. The SMILES string of the molecule is N#Cc1c(F)cccc1NC(=O)NC(Cl)=C(Cl)Cl. The predicted molar refractivity (Wildman–Crippen MR) is 67.9 cm³/mol. The first-order chi connectivity index (χ1) is 8.45. The molecule has 1 aromatic carbocycles. The van der Waals surface area contributed by atoms with E-state index < -0.39 is 11.8 Å². The summed E-state index contributed by atoms with van der Waals surface area (Å²) >= 11 is 16.1. The molecule has 0 aliphatic carbocycles. The molecule has 94 valence electrons. The highest BCUT2D eigenvalue weighted by atomic mass is 35.5. The Morgan fingerprint density at radius 2 is 2.00 bits per heavy atom. The van der Waals surface area contributed by atoms with Crippen molar-refractivity contribution in [1.29, 1.82) is 5.26 Å². The lowest BCUT2D eigenvalue weighted by Gasteiger charge is -2.08. The highest BCUT2D eigenvalue weighted by molar-refractivity contribution is 6.59. The summed E-state index contributed by atoms with van der Waals surface area (Å²) in [5.41, 5.74) is -0.283. The molecule has 0 aliphatic rings. The normalized spacial score (nSPS) is 9.28. The molecule has 1 rings (SSSR count). The van der Waals surface area contributed by atoms with Crippen molar-refractivity contribution in [3.8, 4) is 6.07 Å². The zero-order chi connectivity index (χ0) is 13.7. The van der Waals surface area contributed by atoms with Gasteiger partial charge in [-0.15, -0.1) is 0 Å². The Hall–Kier alpha value is -1.48. The average molecular weight is 309 g/mol. The van der Waals surface area contributed by atoms with Gasteiger partial charge in [0.25, 0.3) is 0 Å². The van der Waals surface area contributed by atoms with Gasteiger partial charge in [-0.25, -0.2) is 9.18 Å². The summed E-state index contributed by atoms with van der Waals surface area (Å²) in [5, 5.41) is 12.8. The topological polar surface area (TPSA) is 64.9 Å². The molecule has 0 atom stereocenters. The molecule has 2 N–H and O–H groups in total. The summed E-state index contributed by atoms with van der Waals surface area (Å²) < 4.78 is 12.9. The van der Waals surface area contributed by atoms with E-state index in [-0.39, 0.29) is 20.9 Å². The van der Waals surface area contributed by atoms with E-state index in [1.54, 1.807) is 6.07 Å². The minimum absolute atomic E-state index is 0.00478. The second kappa shape index (κ2) is 6.45. The maximum absolute atomic E-state index is 13.2. The number of nitrogens with one attached hydrogen (secondary N) is 2. The van der Waals surface area contributed by atoms with E-state index in [0.717, 1.165) is 6.07 Å². The van der Waals surface area contributed by atoms with Crippen molar-refractivity contribution in [2.45, 2.75) is 0 Å². The lowest BCUT2D eigenvalue weighted by molar-refractivity contribution is 0.255. The van der Waals surface area contributed by atoms with E-state index in [1.165, 1.54) is 12.1 Å². The van der Waals surface area contributed by atoms with Crippen molar-refractivity contribution >= 4 is 46.5 Å². The van der Waals surface area contributed by atoms with Gasteiger partial charge in [0.1, 0.15) is 27.1 Å². The van der Waals surface area contributed by atoms with Gasteiger partial charge < -0.3 is 5.32 Å². The van der Waals surface area contributed by atoms with Gasteiger partial charge in [-0.05, 0) is 12.1 Å². The fraction of sp³-hybridized carbons (Fsp3) is 0. The number of nitriles is 1. The third kappa shape index (κ3) is 3.77. The van der Waals surface area contributed by atoms with Gasteiger partial charge in [0.2, 0.25) is 0 Å². The summed E-state index contributed by atoms with van der Waals surface area (Å²) in [6.07, 6.45) is 0. The number of halogens is 4. The maximum Gasteiger partial charge on any atom is 0.324 e. The van der Waals surface area contributed by atoms with Crippen LogP contribution >= 0.6 is 34.8 Å². The molecule has 4 nitrogen and oxygen atoms in total. The monoisotopic (exact) mass is 307 g/mol. The van der Waals surface area contributed by atoms with Crippen molar-refractivity contribution in [1.82, 2.24) is 5.32 Å². The third-order valence-corrected chi connectivity index (χ3v) is 2.62. The van der Waals surface area contributed by atoms with Crippen LogP contribution < -0.4 is 10.6 Å². The number of anilines is 1. The molecule has 0 bridgehead atoms. The Morgan fingerprint density at radius 3 is 2.56 bits per heavy atom. The Balaban J connectivity index is 2.87. The standard InChI is InChI=1S/C10H5Cl3FN3O/c11-8(12)9(13)17-10(18)16-7-3-1-2-6(14)5(7)4-15/h1-3H,(H2,16,17,18). The largest absolute Gasteiger partial charge is 0.324 e. The predicted octanol–water partition coefficient (Wildman–Crippen LogP) is 3.66. The molecular formula is C10H5Cl3FN3O. The molecule has 0 saturated carbocycles. The number of carbonyl (C=O) groups excluding carboxylic acids is 1. The fourth-order valence-corrected chi connectivity index (χ4v) is 1.22. The van der Waals surface area contributed by atoms with Crippen LogP contribution in [-0.2, 0) is 0 Å². The van der Waals surface area contributed by atoms with Gasteiger partial charge in [0, 0.05) is 0 Å². The first kappa shape index (κ1) is 14.6. The van der Waals surface area contributed by atoms with Crippen molar-refractivity contribution in [3.63, 3.8) is 0 Å². The zero-order valence-corrected chi connectivity index (χ0v) is 10.9. The maximum atomic E-state index is 13.2. The molecule has 0 spiro atoms. The number of urea groups is 1. The molecule has 0 heterocycles. The van der Waals surface area contributed by atoms with Crippen LogP contribution in [-0.4, -0.2) is 6.03 Å². The molecule has 18 heavy (non-hydrogen) atoms. The van der Waals surface area contributed by atoms with Gasteiger partial charge in [0.05, 0.1) is 5.69 Å². The lowest BCUT2D eigenvalue weighted by atomic mass is 10.2. The molecule has 2 amide bonds. The number of benzene rings is 1. The van der Waals surface area contributed by atoms with Crippen molar-refractivity contribution in [2.75, 3.05) is 5.32 Å². The van der Waals surface area contributed by atoms with Crippen LogP contribution in [0.2, 0.25) is 0 Å². The number of carbonyl (C=O) groups is 1. The molecule has 0 aromatic heterocycles. The Labute approximate surface area is 117 Å². The average Bonchev–Trinajstić information content (AvgIpc) is 2.28. The van der Waals surface area contributed by atoms with Gasteiger partial charge in [-0.2, -0.15) is 5.26 Å². The third-order valence-electron chi connectivity index (χ3n) is 1.76. The summed E-state index contributed by atoms with van der Waals surface area (Å²) in [6.45, 7) is 0. The lowest BCUT2D eigenvalue weighted by Crippen LogP contribution is -2.27. The minimum Gasteiger partial charge on any atom is -0.306 e. The minimum atomic E-state index is -0.805. The van der Waals surface area contributed by atoms with Crippen LogP contribution in [0.1, 0.15) is 5.56 Å². The number of amides is 2. The van der Waals surface area contributed by atoms with E-state index in [2.05, 4.69) is 10.6 Å². The van der Waals surface area contributed by atoms with Crippen LogP contribution in [0.25, 0.3) is 0 Å². The number of hydrogen-bond acceptors (Lipinski definition) is 2. The van der Waals surface area contributed by atoms with Crippen molar-refractivity contribution in [3.05, 3.63) is 39.2 Å². The van der Waals surface area contributed by atoms with Gasteiger partial charge in [0.15, 0.2) is 0 Å². The smallest absolute Gasteiger partial charge is 0.306 e. The zero-order valence-electron chi connectivity index (χ0n) is 8.60. The van der Waals surface area contributed by atoms with Crippen molar-refractivity contribution < 1.29 is 9.18 Å². The molecule has 1 aromatic rings. The molecule has 0 saturated heterocycles. The summed E-state index contributed by atoms with van der Waals surface area (Å²) in [5.74, 6) is -0.743. The van der Waals surface area contributed by atoms with Crippen LogP contribution in [0.15, 0.2) is 27.8 Å². The van der Waals surface area contributed by atoms with E-state index in [9.17, 15) is 9.18 Å². The molecule has 0 radical (unpaired) electrons. The summed E-state index contributed by atoms with van der Waals surface area (Å²) in [7, 11) is 0. The Morgan fingerprint density at radius 1 is 1.33 bits per heavy atom. The molecule has 8 heteroatoms. The molecule has 0 fully saturated rings. The first-order valence-electron chi connectivity index (χ1n) is 4.43. The van der Waals surface area contributed by atoms with Gasteiger partial charge in [-0.1, -0.05) is 40.9 Å². The van der Waals surface area contributed by atoms with E-state index >= 15 is 0 Å².